The molecule has 24 heavy (non-hydrogen) atoms. The Bertz CT molecular complexity index is 731. The fourth-order valence-electron chi connectivity index (χ4n) is 5.58. The van der Waals surface area contributed by atoms with Gasteiger partial charge in [-0.1, -0.05) is 35.4 Å². The van der Waals surface area contributed by atoms with E-state index in [0.29, 0.717) is 11.8 Å². The second-order valence-corrected chi connectivity index (χ2v) is 8.31. The Hall–Kier alpha value is -1.06. The van der Waals surface area contributed by atoms with Crippen LogP contribution in [0.3, 0.4) is 0 Å². The van der Waals surface area contributed by atoms with E-state index in [9.17, 15) is 0 Å². The average Bonchev–Trinajstić information content (AvgIpc) is 2.58. The van der Waals surface area contributed by atoms with Crippen LogP contribution in [0.2, 0.25) is 0 Å². The fourth-order valence-corrected chi connectivity index (χ4v) is 6.01. The standard InChI is InChI=1S/C19H21Cl2N3/c20-18-22-17(23-19(21)24-18)14-9-7-12-5-4-10-2-1-3-11-6-8-13(14)16(12)15(10)11/h1-2,9,11-13,16,18H,3-8H2,(H,22,23,24). The van der Waals surface area contributed by atoms with E-state index in [1.165, 1.54) is 37.7 Å². The highest BCUT2D eigenvalue weighted by molar-refractivity contribution is 6.66. The number of alkyl halides is 1. The normalized spacial score (nSPS) is 40.2. The van der Waals surface area contributed by atoms with Crippen molar-refractivity contribution < 1.29 is 0 Å². The van der Waals surface area contributed by atoms with Crippen molar-refractivity contribution in [2.24, 2.45) is 33.7 Å². The first-order valence-electron chi connectivity index (χ1n) is 9.03. The van der Waals surface area contributed by atoms with Crippen LogP contribution >= 0.6 is 23.2 Å². The third-order valence-electron chi connectivity index (χ3n) is 6.45. The summed E-state index contributed by atoms with van der Waals surface area (Å²) in [5.41, 5.74) is 4.21. The van der Waals surface area contributed by atoms with Gasteiger partial charge in [-0.2, -0.15) is 0 Å². The second-order valence-electron chi connectivity index (χ2n) is 7.56. The van der Waals surface area contributed by atoms with E-state index in [1.54, 1.807) is 11.1 Å². The van der Waals surface area contributed by atoms with Crippen LogP contribution in [0, 0.1) is 23.7 Å². The number of rotatable bonds is 1. The molecule has 1 fully saturated rings. The van der Waals surface area contributed by atoms with Crippen LogP contribution in [-0.4, -0.2) is 16.8 Å². The molecule has 4 aliphatic carbocycles. The number of hydrogen-bond donors (Lipinski definition) is 1. The summed E-state index contributed by atoms with van der Waals surface area (Å²) in [6, 6.07) is 0. The quantitative estimate of drug-likeness (QED) is 0.531. The van der Waals surface area contributed by atoms with Crippen molar-refractivity contribution in [3.63, 3.8) is 0 Å². The van der Waals surface area contributed by atoms with Crippen molar-refractivity contribution >= 4 is 34.3 Å². The maximum atomic E-state index is 6.16. The van der Waals surface area contributed by atoms with Crippen molar-refractivity contribution in [1.29, 1.82) is 0 Å². The van der Waals surface area contributed by atoms with Gasteiger partial charge in [0.2, 0.25) is 5.29 Å². The minimum Gasteiger partial charge on any atom is -0.336 e. The van der Waals surface area contributed by atoms with Crippen molar-refractivity contribution in [3.05, 3.63) is 34.9 Å². The van der Waals surface area contributed by atoms with Gasteiger partial charge in [0, 0.05) is 0 Å². The lowest BCUT2D eigenvalue weighted by molar-refractivity contribution is 0.180. The molecule has 5 heteroatoms. The van der Waals surface area contributed by atoms with Crippen molar-refractivity contribution in [2.45, 2.75) is 44.1 Å². The second kappa shape index (κ2) is 5.74. The predicted octanol–water partition coefficient (Wildman–Crippen LogP) is 4.74. The van der Waals surface area contributed by atoms with Gasteiger partial charge in [0.05, 0.1) is 0 Å². The molecule has 0 aromatic rings. The first kappa shape index (κ1) is 15.2. The molecule has 0 spiro atoms. The molecule has 5 rings (SSSR count). The topological polar surface area (TPSA) is 36.8 Å². The Labute approximate surface area is 152 Å². The lowest BCUT2D eigenvalue weighted by Gasteiger charge is -2.50. The fraction of sp³-hybridized carbons (Fsp3) is 0.579. The third kappa shape index (κ3) is 2.32. The maximum Gasteiger partial charge on any atom is 0.222 e. The molecule has 0 bridgehead atoms. The molecule has 0 saturated heterocycles. The summed E-state index contributed by atoms with van der Waals surface area (Å²) in [5.74, 6) is 3.66. The molecule has 1 saturated carbocycles. The summed E-state index contributed by atoms with van der Waals surface area (Å²) in [5, 5.41) is 3.47. The van der Waals surface area contributed by atoms with Crippen molar-refractivity contribution in [3.8, 4) is 0 Å². The number of nitrogens with zero attached hydrogens (tertiary/aromatic N) is 2. The summed E-state index contributed by atoms with van der Waals surface area (Å²) in [6.07, 6.45) is 14.7. The monoisotopic (exact) mass is 361 g/mol. The number of halogens is 2. The molecular weight excluding hydrogens is 341 g/mol. The van der Waals surface area contributed by atoms with E-state index in [0.717, 1.165) is 24.1 Å². The molecule has 5 unspecified atom stereocenters. The van der Waals surface area contributed by atoms with Crippen LogP contribution in [0.25, 0.3) is 0 Å². The molecule has 1 aliphatic heterocycles. The first-order valence-corrected chi connectivity index (χ1v) is 9.84. The van der Waals surface area contributed by atoms with Gasteiger partial charge in [0.25, 0.3) is 0 Å². The third-order valence-corrected chi connectivity index (χ3v) is 6.84. The minimum atomic E-state index is -0.515. The van der Waals surface area contributed by atoms with Crippen LogP contribution in [0.15, 0.2) is 44.9 Å². The van der Waals surface area contributed by atoms with Gasteiger partial charge in [0.1, 0.15) is 5.84 Å². The minimum absolute atomic E-state index is 0.254. The highest BCUT2D eigenvalue weighted by atomic mass is 35.5. The summed E-state index contributed by atoms with van der Waals surface area (Å²) in [7, 11) is 0. The largest absolute Gasteiger partial charge is 0.336 e. The molecule has 0 aromatic carbocycles. The first-order chi connectivity index (χ1) is 11.7. The van der Waals surface area contributed by atoms with E-state index < -0.39 is 5.62 Å². The highest BCUT2D eigenvalue weighted by Crippen LogP contribution is 2.56. The zero-order chi connectivity index (χ0) is 16.3. The number of amidine groups is 2. The smallest absolute Gasteiger partial charge is 0.222 e. The molecule has 3 nitrogen and oxygen atoms in total. The maximum absolute atomic E-state index is 6.16. The van der Waals surface area contributed by atoms with Crippen molar-refractivity contribution in [1.82, 2.24) is 5.32 Å². The Morgan fingerprint density at radius 2 is 2.08 bits per heavy atom. The molecule has 0 amide bonds. The Kier molecular flexibility index (Phi) is 3.64. The molecule has 0 radical (unpaired) electrons. The van der Waals surface area contributed by atoms with Gasteiger partial charge >= 0.3 is 0 Å². The molecule has 1 heterocycles. The summed E-state index contributed by atoms with van der Waals surface area (Å²) < 4.78 is 0. The van der Waals surface area contributed by atoms with Crippen molar-refractivity contribution in [2.75, 3.05) is 0 Å². The Morgan fingerprint density at radius 1 is 1.17 bits per heavy atom. The highest BCUT2D eigenvalue weighted by Gasteiger charge is 2.46. The van der Waals surface area contributed by atoms with E-state index in [4.69, 9.17) is 23.2 Å². The lowest BCUT2D eigenvalue weighted by atomic mass is 9.54. The molecule has 0 aromatic heterocycles. The van der Waals surface area contributed by atoms with Crippen LogP contribution < -0.4 is 5.32 Å². The van der Waals surface area contributed by atoms with Gasteiger partial charge in [-0.05, 0) is 84.9 Å². The van der Waals surface area contributed by atoms with Crippen LogP contribution in [0.5, 0.6) is 0 Å². The van der Waals surface area contributed by atoms with E-state index >= 15 is 0 Å². The predicted molar refractivity (Wildman–Crippen MR) is 99.4 cm³/mol. The van der Waals surface area contributed by atoms with E-state index in [1.807, 2.05) is 0 Å². The van der Waals surface area contributed by atoms with Gasteiger partial charge in [0.15, 0.2) is 5.62 Å². The molecular formula is C19H21Cl2N3. The van der Waals surface area contributed by atoms with Gasteiger partial charge < -0.3 is 5.32 Å². The summed E-state index contributed by atoms with van der Waals surface area (Å²) >= 11 is 12.2. The van der Waals surface area contributed by atoms with Gasteiger partial charge in [-0.3, -0.25) is 0 Å². The zero-order valence-corrected chi connectivity index (χ0v) is 15.0. The van der Waals surface area contributed by atoms with Gasteiger partial charge in [-0.25, -0.2) is 9.98 Å². The SMILES string of the molecule is ClC1=NC(Cl)NC(C2=CCC3CCC4=C5C(CC=C4)CCC2C53)=N1. The average molecular weight is 362 g/mol. The van der Waals surface area contributed by atoms with E-state index in [-0.39, 0.29) is 5.29 Å². The van der Waals surface area contributed by atoms with Crippen LogP contribution in [0.1, 0.15) is 38.5 Å². The van der Waals surface area contributed by atoms with Crippen LogP contribution in [-0.2, 0) is 0 Å². The number of allylic oxidation sites excluding steroid dienone is 5. The Morgan fingerprint density at radius 3 is 2.96 bits per heavy atom. The molecule has 5 aliphatic rings. The van der Waals surface area contributed by atoms with E-state index in [2.05, 4.69) is 33.5 Å². The number of aliphatic imine (C=N–C) groups is 2. The Balaban J connectivity index is 1.55. The molecule has 1 N–H and O–H groups in total. The lowest BCUT2D eigenvalue weighted by Crippen LogP contribution is -2.45. The number of hydrogen-bond acceptors (Lipinski definition) is 3. The summed E-state index contributed by atoms with van der Waals surface area (Å²) in [4.78, 5) is 8.49. The zero-order valence-electron chi connectivity index (χ0n) is 13.5. The van der Waals surface area contributed by atoms with Gasteiger partial charge in [-0.15, -0.1) is 0 Å². The van der Waals surface area contributed by atoms with Crippen LogP contribution in [0.4, 0.5) is 0 Å². The molecule has 126 valence electrons. The summed E-state index contributed by atoms with van der Waals surface area (Å²) in [6.45, 7) is 0. The number of nitrogens with one attached hydrogen (secondary N) is 1. The molecule has 5 atom stereocenters.